The Morgan fingerprint density at radius 3 is 2.71 bits per heavy atom. The predicted octanol–water partition coefficient (Wildman–Crippen LogP) is 1.47. The summed E-state index contributed by atoms with van der Waals surface area (Å²) < 4.78 is 0. The van der Waals surface area contributed by atoms with Crippen LogP contribution in [0.4, 0.5) is 0 Å². The molecule has 0 heterocycles. The Hall–Kier alpha value is -1.61. The summed E-state index contributed by atoms with van der Waals surface area (Å²) in [4.78, 5) is 10.8. The fraction of sp³-hybridized carbons (Fsp3) is 0.182. The zero-order valence-electron chi connectivity index (χ0n) is 7.94. The summed E-state index contributed by atoms with van der Waals surface area (Å²) in [5.41, 5.74) is 3.23. The van der Waals surface area contributed by atoms with Crippen LogP contribution in [-0.4, -0.2) is 5.91 Å². The number of amides is 1. The molecule has 1 aromatic rings. The third kappa shape index (κ3) is 3.87. The van der Waals surface area contributed by atoms with Crippen molar-refractivity contribution in [1.82, 2.24) is 5.43 Å². The summed E-state index contributed by atoms with van der Waals surface area (Å²) in [5, 5.41) is 0. The summed E-state index contributed by atoms with van der Waals surface area (Å²) in [7, 11) is 0. The Kier molecular flexibility index (Phi) is 4.44. The predicted molar refractivity (Wildman–Crippen MR) is 57.0 cm³/mol. The fourth-order valence-electron chi connectivity index (χ4n) is 1.07. The van der Waals surface area contributed by atoms with E-state index in [1.807, 2.05) is 42.5 Å². The molecule has 0 fully saturated rings. The second-order valence-corrected chi connectivity index (χ2v) is 2.92. The van der Waals surface area contributed by atoms with Crippen LogP contribution in [-0.2, 0) is 4.79 Å². The van der Waals surface area contributed by atoms with Crippen LogP contribution in [0.5, 0.6) is 0 Å². The lowest BCUT2D eigenvalue weighted by atomic mass is 10.2. The largest absolute Gasteiger partial charge is 0.294 e. The monoisotopic (exact) mass is 190 g/mol. The van der Waals surface area contributed by atoms with Gasteiger partial charge in [0.2, 0.25) is 5.91 Å². The first-order chi connectivity index (χ1) is 6.83. The molecule has 1 rings (SSSR count). The standard InChI is InChI=1S/C11H14N2O/c12-13-11(14)9-5-4-8-10-6-2-1-3-7-10/h1-4,6-8H,5,9,12H2,(H,13,14)/b8-4+. The topological polar surface area (TPSA) is 55.1 Å². The van der Waals surface area contributed by atoms with Crippen molar-refractivity contribution >= 4 is 12.0 Å². The third-order valence-electron chi connectivity index (χ3n) is 1.81. The van der Waals surface area contributed by atoms with E-state index in [9.17, 15) is 4.79 Å². The van der Waals surface area contributed by atoms with E-state index in [4.69, 9.17) is 5.84 Å². The van der Waals surface area contributed by atoms with Gasteiger partial charge in [-0.15, -0.1) is 0 Å². The van der Waals surface area contributed by atoms with Gasteiger partial charge in [0.15, 0.2) is 0 Å². The molecule has 0 aliphatic rings. The van der Waals surface area contributed by atoms with Gasteiger partial charge < -0.3 is 0 Å². The summed E-state index contributed by atoms with van der Waals surface area (Å²) in [6, 6.07) is 9.96. The first kappa shape index (κ1) is 10.5. The van der Waals surface area contributed by atoms with Gasteiger partial charge in [0.25, 0.3) is 0 Å². The average Bonchev–Trinajstić information content (AvgIpc) is 2.25. The van der Waals surface area contributed by atoms with E-state index in [-0.39, 0.29) is 5.91 Å². The summed E-state index contributed by atoms with van der Waals surface area (Å²) in [6.07, 6.45) is 5.09. The third-order valence-corrected chi connectivity index (χ3v) is 1.81. The minimum absolute atomic E-state index is 0.136. The van der Waals surface area contributed by atoms with Crippen molar-refractivity contribution in [2.24, 2.45) is 5.84 Å². The maximum Gasteiger partial charge on any atom is 0.234 e. The zero-order chi connectivity index (χ0) is 10.2. The van der Waals surface area contributed by atoms with Crippen molar-refractivity contribution in [3.63, 3.8) is 0 Å². The fourth-order valence-corrected chi connectivity index (χ4v) is 1.07. The molecule has 0 unspecified atom stereocenters. The molecule has 0 aliphatic carbocycles. The zero-order valence-corrected chi connectivity index (χ0v) is 7.94. The van der Waals surface area contributed by atoms with Gasteiger partial charge in [0.05, 0.1) is 0 Å². The summed E-state index contributed by atoms with van der Waals surface area (Å²) >= 11 is 0. The van der Waals surface area contributed by atoms with Gasteiger partial charge in [0, 0.05) is 6.42 Å². The summed E-state index contributed by atoms with van der Waals surface area (Å²) in [6.45, 7) is 0. The highest BCUT2D eigenvalue weighted by Gasteiger charge is 1.93. The van der Waals surface area contributed by atoms with Crippen molar-refractivity contribution < 1.29 is 4.79 Å². The number of carbonyl (C=O) groups is 1. The van der Waals surface area contributed by atoms with E-state index >= 15 is 0 Å². The highest BCUT2D eigenvalue weighted by molar-refractivity contribution is 5.75. The van der Waals surface area contributed by atoms with Gasteiger partial charge >= 0.3 is 0 Å². The van der Waals surface area contributed by atoms with Crippen LogP contribution >= 0.6 is 0 Å². The van der Waals surface area contributed by atoms with E-state index in [1.165, 1.54) is 0 Å². The van der Waals surface area contributed by atoms with Crippen LogP contribution < -0.4 is 11.3 Å². The molecule has 1 aromatic carbocycles. The van der Waals surface area contributed by atoms with Gasteiger partial charge in [-0.3, -0.25) is 10.2 Å². The van der Waals surface area contributed by atoms with E-state index in [2.05, 4.69) is 5.43 Å². The molecule has 1 amide bonds. The Balaban J connectivity index is 2.31. The molecule has 14 heavy (non-hydrogen) atoms. The minimum Gasteiger partial charge on any atom is -0.294 e. The van der Waals surface area contributed by atoms with Crippen LogP contribution in [0, 0.1) is 0 Å². The highest BCUT2D eigenvalue weighted by Crippen LogP contribution is 2.02. The Morgan fingerprint density at radius 2 is 2.07 bits per heavy atom. The van der Waals surface area contributed by atoms with E-state index in [0.717, 1.165) is 5.56 Å². The molecule has 0 atom stereocenters. The first-order valence-electron chi connectivity index (χ1n) is 4.54. The van der Waals surface area contributed by atoms with Crippen molar-refractivity contribution in [2.45, 2.75) is 12.8 Å². The van der Waals surface area contributed by atoms with Gasteiger partial charge in [-0.1, -0.05) is 42.5 Å². The highest BCUT2D eigenvalue weighted by atomic mass is 16.2. The normalized spacial score (nSPS) is 10.4. The maximum absolute atomic E-state index is 10.8. The molecule has 74 valence electrons. The quantitative estimate of drug-likeness (QED) is 0.429. The number of allylic oxidation sites excluding steroid dienone is 1. The lowest BCUT2D eigenvalue weighted by Gasteiger charge is -1.94. The Bertz CT molecular complexity index is 306. The molecule has 0 aliphatic heterocycles. The molecule has 0 bridgehead atoms. The molecule has 0 spiro atoms. The van der Waals surface area contributed by atoms with Gasteiger partial charge in [-0.25, -0.2) is 5.84 Å². The second kappa shape index (κ2) is 5.94. The van der Waals surface area contributed by atoms with Crippen LogP contribution in [0.1, 0.15) is 18.4 Å². The van der Waals surface area contributed by atoms with Crippen molar-refractivity contribution in [2.75, 3.05) is 0 Å². The Labute approximate surface area is 83.6 Å². The maximum atomic E-state index is 10.8. The molecule has 0 saturated carbocycles. The van der Waals surface area contributed by atoms with E-state index < -0.39 is 0 Å². The lowest BCUT2D eigenvalue weighted by molar-refractivity contribution is -0.121. The van der Waals surface area contributed by atoms with E-state index in [1.54, 1.807) is 0 Å². The summed E-state index contributed by atoms with van der Waals surface area (Å²) in [5.74, 6) is 4.81. The number of hydrogen-bond acceptors (Lipinski definition) is 2. The van der Waals surface area contributed by atoms with Crippen molar-refractivity contribution in [3.05, 3.63) is 42.0 Å². The smallest absolute Gasteiger partial charge is 0.234 e. The number of hydrazine groups is 1. The molecule has 0 aromatic heterocycles. The molecule has 3 heteroatoms. The van der Waals surface area contributed by atoms with Crippen LogP contribution in [0.2, 0.25) is 0 Å². The molecular formula is C11H14N2O. The Morgan fingerprint density at radius 1 is 1.36 bits per heavy atom. The number of carbonyl (C=O) groups excluding carboxylic acids is 1. The molecule has 3 nitrogen and oxygen atoms in total. The SMILES string of the molecule is NNC(=O)CC/C=C/c1ccccc1. The average molecular weight is 190 g/mol. The number of nitrogens with two attached hydrogens (primary N) is 1. The van der Waals surface area contributed by atoms with Crippen LogP contribution in [0.25, 0.3) is 6.08 Å². The van der Waals surface area contributed by atoms with Crippen LogP contribution in [0.15, 0.2) is 36.4 Å². The van der Waals surface area contributed by atoms with Crippen LogP contribution in [0.3, 0.4) is 0 Å². The second-order valence-electron chi connectivity index (χ2n) is 2.92. The number of benzene rings is 1. The van der Waals surface area contributed by atoms with Gasteiger partial charge in [0.1, 0.15) is 0 Å². The van der Waals surface area contributed by atoms with E-state index in [0.29, 0.717) is 12.8 Å². The first-order valence-corrected chi connectivity index (χ1v) is 4.54. The molecule has 0 radical (unpaired) electrons. The molecular weight excluding hydrogens is 176 g/mol. The van der Waals surface area contributed by atoms with Crippen molar-refractivity contribution in [1.29, 1.82) is 0 Å². The number of rotatable bonds is 4. The molecule has 0 saturated heterocycles. The lowest BCUT2D eigenvalue weighted by Crippen LogP contribution is -2.29. The number of hydrogen-bond donors (Lipinski definition) is 2. The number of nitrogens with one attached hydrogen (secondary N) is 1. The molecule has 3 N–H and O–H groups in total. The van der Waals surface area contributed by atoms with Crippen molar-refractivity contribution in [3.8, 4) is 0 Å². The van der Waals surface area contributed by atoms with Gasteiger partial charge in [-0.2, -0.15) is 0 Å². The van der Waals surface area contributed by atoms with Gasteiger partial charge in [-0.05, 0) is 12.0 Å². The minimum atomic E-state index is -0.136.